The number of nitrogens with one attached hydrogen (secondary N) is 1. The van der Waals surface area contributed by atoms with Crippen LogP contribution in [0.25, 0.3) is 0 Å². The van der Waals surface area contributed by atoms with Crippen LogP contribution in [-0.4, -0.2) is 32.2 Å². The van der Waals surface area contributed by atoms with E-state index >= 15 is 0 Å². The fourth-order valence-electron chi connectivity index (χ4n) is 4.32. The normalized spacial score (nSPS) is 13.5. The quantitative estimate of drug-likeness (QED) is 0.150. The van der Waals surface area contributed by atoms with Crippen LogP contribution in [0.4, 0.5) is 11.6 Å². The van der Waals surface area contributed by atoms with Crippen LogP contribution >= 0.6 is 22.6 Å². The van der Waals surface area contributed by atoms with Crippen molar-refractivity contribution in [3.63, 3.8) is 0 Å². The minimum atomic E-state index is -0.864. The van der Waals surface area contributed by atoms with E-state index in [0.29, 0.717) is 30.2 Å². The molecular formula is C29H28IN5O5. The summed E-state index contributed by atoms with van der Waals surface area (Å²) in [5.41, 5.74) is 1.33. The summed E-state index contributed by atoms with van der Waals surface area (Å²) in [5, 5.41) is 3.11. The van der Waals surface area contributed by atoms with Crippen molar-refractivity contribution >= 4 is 40.2 Å². The average Bonchev–Trinajstić information content (AvgIpc) is 3.76. The van der Waals surface area contributed by atoms with Crippen LogP contribution < -0.4 is 21.4 Å². The molecule has 0 aliphatic heterocycles. The number of methoxy groups -OCH3 is 1. The predicted molar refractivity (Wildman–Crippen MR) is 158 cm³/mol. The van der Waals surface area contributed by atoms with E-state index in [4.69, 9.17) is 9.47 Å². The smallest absolute Gasteiger partial charge is 0.354 e. The number of carbonyl (C=O) groups excluding carboxylic acids is 1. The maximum absolute atomic E-state index is 13.7. The third-order valence-electron chi connectivity index (χ3n) is 6.79. The summed E-state index contributed by atoms with van der Waals surface area (Å²) in [6, 6.07) is 20.4. The molecule has 1 saturated carbocycles. The van der Waals surface area contributed by atoms with Gasteiger partial charge in [-0.15, -0.1) is 0 Å². The highest BCUT2D eigenvalue weighted by molar-refractivity contribution is 14.1. The van der Waals surface area contributed by atoms with Gasteiger partial charge >= 0.3 is 17.3 Å². The Hall–Kier alpha value is -4.00. The first kappa shape index (κ1) is 27.6. The molecule has 2 heterocycles. The summed E-state index contributed by atoms with van der Waals surface area (Å²) in [6.45, 7) is 2.09. The van der Waals surface area contributed by atoms with Gasteiger partial charge in [-0.3, -0.25) is 9.36 Å². The topological polar surface area (TPSA) is 117 Å². The van der Waals surface area contributed by atoms with E-state index in [1.165, 1.54) is 11.7 Å². The number of nitrogens with zero attached hydrogens (tertiary/aromatic N) is 4. The number of ether oxygens (including phenoxy) is 2. The fraction of sp³-hybridized carbons (Fsp3) is 0.276. The summed E-state index contributed by atoms with van der Waals surface area (Å²) >= 11 is 2.25. The third-order valence-corrected chi connectivity index (χ3v) is 7.58. The standard InChI is InChI=1S/C29H28IN5O5/c1-19-6-8-20(9-7-19)17-34-26(33-27(37)35(28(34)38)18-29(14-15-29)25(36)39-2)32-21-10-12-23(13-11-21)40-24-5-3-4-22(16-30)31-24/h3-13H,14-18H2,1-2H3,(H,32,33,37). The van der Waals surface area contributed by atoms with Gasteiger partial charge in [0.25, 0.3) is 0 Å². The van der Waals surface area contributed by atoms with Crippen LogP contribution in [0.1, 0.15) is 29.7 Å². The number of halogens is 1. The fourth-order valence-corrected chi connectivity index (χ4v) is 4.75. The number of benzene rings is 2. The van der Waals surface area contributed by atoms with E-state index in [-0.39, 0.29) is 19.0 Å². The van der Waals surface area contributed by atoms with Crippen molar-refractivity contribution < 1.29 is 14.3 Å². The van der Waals surface area contributed by atoms with Gasteiger partial charge in [-0.25, -0.2) is 19.1 Å². The first-order chi connectivity index (χ1) is 19.3. The van der Waals surface area contributed by atoms with Gasteiger partial charge in [0.15, 0.2) is 0 Å². The summed E-state index contributed by atoms with van der Waals surface area (Å²) < 4.78 is 14.0. The molecule has 2 aromatic carbocycles. The molecule has 1 aliphatic rings. The Labute approximate surface area is 244 Å². The number of pyridine rings is 1. The Morgan fingerprint density at radius 2 is 1.73 bits per heavy atom. The molecule has 1 fully saturated rings. The molecule has 5 rings (SSSR count). The Morgan fingerprint density at radius 1 is 1.00 bits per heavy atom. The first-order valence-corrected chi connectivity index (χ1v) is 14.3. The van der Waals surface area contributed by atoms with Crippen molar-refractivity contribution in [1.29, 1.82) is 0 Å². The van der Waals surface area contributed by atoms with Gasteiger partial charge in [-0.05, 0) is 55.7 Å². The lowest BCUT2D eigenvalue weighted by Crippen LogP contribution is -2.45. The Morgan fingerprint density at radius 3 is 2.38 bits per heavy atom. The molecule has 0 unspecified atom stereocenters. The maximum Gasteiger partial charge on any atom is 0.354 e. The highest BCUT2D eigenvalue weighted by atomic mass is 127. The lowest BCUT2D eigenvalue weighted by molar-refractivity contribution is -0.147. The predicted octanol–water partition coefficient (Wildman–Crippen LogP) is 4.58. The minimum absolute atomic E-state index is 0.0721. The molecule has 4 aromatic rings. The van der Waals surface area contributed by atoms with Crippen LogP contribution in [0.3, 0.4) is 0 Å². The van der Waals surface area contributed by atoms with Gasteiger partial charge < -0.3 is 14.8 Å². The summed E-state index contributed by atoms with van der Waals surface area (Å²) in [4.78, 5) is 47.7. The molecule has 0 radical (unpaired) electrons. The van der Waals surface area contributed by atoms with E-state index in [2.05, 4.69) is 37.9 Å². The molecule has 1 N–H and O–H groups in total. The minimum Gasteiger partial charge on any atom is -0.469 e. The molecule has 40 heavy (non-hydrogen) atoms. The lowest BCUT2D eigenvalue weighted by Gasteiger charge is -2.18. The Bertz CT molecular complexity index is 1640. The van der Waals surface area contributed by atoms with Crippen molar-refractivity contribution in [2.75, 3.05) is 12.4 Å². The SMILES string of the molecule is COC(=O)C1(Cn2c(=O)nc(Nc3ccc(Oc4cccc(CI)n4)cc3)n(Cc3ccc(C)cc3)c2=O)CC1. The molecule has 206 valence electrons. The molecule has 0 amide bonds. The molecule has 10 nitrogen and oxygen atoms in total. The molecule has 1 aliphatic carbocycles. The average molecular weight is 653 g/mol. The van der Waals surface area contributed by atoms with E-state index in [0.717, 1.165) is 25.8 Å². The molecule has 0 bridgehead atoms. The zero-order valence-electron chi connectivity index (χ0n) is 22.1. The Kier molecular flexibility index (Phi) is 8.01. The van der Waals surface area contributed by atoms with Crippen LogP contribution in [0.2, 0.25) is 0 Å². The van der Waals surface area contributed by atoms with Crippen molar-refractivity contribution in [2.45, 2.75) is 37.3 Å². The molecular weight excluding hydrogens is 625 g/mol. The second-order valence-corrected chi connectivity index (χ2v) is 10.5. The summed E-state index contributed by atoms with van der Waals surface area (Å²) in [6.07, 6.45) is 1.10. The van der Waals surface area contributed by atoms with Gasteiger partial charge in [0, 0.05) is 22.7 Å². The highest BCUT2D eigenvalue weighted by Crippen LogP contribution is 2.47. The number of hydrogen-bond donors (Lipinski definition) is 1. The summed E-state index contributed by atoms with van der Waals surface area (Å²) in [5.74, 6) is 0.749. The number of esters is 1. The van der Waals surface area contributed by atoms with E-state index in [9.17, 15) is 14.4 Å². The van der Waals surface area contributed by atoms with E-state index in [1.807, 2.05) is 43.3 Å². The lowest BCUT2D eigenvalue weighted by atomic mass is 10.1. The summed E-state index contributed by atoms with van der Waals surface area (Å²) in [7, 11) is 1.31. The van der Waals surface area contributed by atoms with Gasteiger partial charge in [-0.2, -0.15) is 4.98 Å². The second-order valence-electron chi connectivity index (χ2n) is 9.78. The van der Waals surface area contributed by atoms with Crippen LogP contribution in [0.15, 0.2) is 76.3 Å². The van der Waals surface area contributed by atoms with Crippen molar-refractivity contribution in [1.82, 2.24) is 19.1 Å². The number of alkyl halides is 1. The number of hydrogen-bond acceptors (Lipinski definition) is 8. The van der Waals surface area contributed by atoms with Gasteiger partial charge in [0.05, 0.1) is 24.8 Å². The van der Waals surface area contributed by atoms with Gasteiger partial charge in [-0.1, -0.05) is 58.5 Å². The van der Waals surface area contributed by atoms with E-state index in [1.54, 1.807) is 30.3 Å². The van der Waals surface area contributed by atoms with Crippen LogP contribution in [0, 0.1) is 12.3 Å². The molecule has 0 spiro atoms. The number of anilines is 2. The zero-order valence-corrected chi connectivity index (χ0v) is 24.3. The highest BCUT2D eigenvalue weighted by Gasteiger charge is 2.52. The van der Waals surface area contributed by atoms with Crippen molar-refractivity contribution in [2.24, 2.45) is 5.41 Å². The van der Waals surface area contributed by atoms with E-state index < -0.39 is 22.8 Å². The Balaban J connectivity index is 1.45. The number of carbonyl (C=O) groups is 1. The zero-order chi connectivity index (χ0) is 28.3. The number of rotatable bonds is 10. The van der Waals surface area contributed by atoms with Crippen molar-refractivity contribution in [3.8, 4) is 11.6 Å². The van der Waals surface area contributed by atoms with Gasteiger partial charge in [0.2, 0.25) is 11.8 Å². The number of aryl methyl sites for hydroxylation is 1. The van der Waals surface area contributed by atoms with Crippen molar-refractivity contribution in [3.05, 3.63) is 105 Å². The largest absolute Gasteiger partial charge is 0.469 e. The second kappa shape index (κ2) is 11.6. The third kappa shape index (κ3) is 6.09. The maximum atomic E-state index is 13.7. The monoisotopic (exact) mass is 653 g/mol. The molecule has 0 saturated heterocycles. The molecule has 2 aromatic heterocycles. The van der Waals surface area contributed by atoms with Gasteiger partial charge in [0.1, 0.15) is 5.75 Å². The number of aromatic nitrogens is 4. The van der Waals surface area contributed by atoms with Crippen LogP contribution in [0.5, 0.6) is 11.6 Å². The molecule has 11 heteroatoms. The van der Waals surface area contributed by atoms with Crippen LogP contribution in [-0.2, 0) is 27.0 Å². The molecule has 0 atom stereocenters. The first-order valence-electron chi connectivity index (χ1n) is 12.7.